The Hall–Kier alpha value is -2.09. The smallest absolute Gasteiger partial charge is 0.261 e. The fraction of sp³-hybridized carbons (Fsp3) is 0.118. The van der Waals surface area contributed by atoms with Crippen LogP contribution < -0.4 is 15.4 Å². The van der Waals surface area contributed by atoms with E-state index in [0.717, 1.165) is 5.56 Å². The molecule has 0 spiro atoms. The molecule has 0 atom stereocenters. The van der Waals surface area contributed by atoms with Crippen molar-refractivity contribution < 1.29 is 8.42 Å². The highest BCUT2D eigenvalue weighted by atomic mass is 35.5. The van der Waals surface area contributed by atoms with Crippen LogP contribution in [0.15, 0.2) is 60.0 Å². The van der Waals surface area contributed by atoms with E-state index in [1.54, 1.807) is 36.4 Å². The van der Waals surface area contributed by atoms with Gasteiger partial charge in [-0.3, -0.25) is 4.72 Å². The number of halogens is 1. The van der Waals surface area contributed by atoms with Crippen molar-refractivity contribution in [1.82, 2.24) is 5.32 Å². The van der Waals surface area contributed by atoms with Gasteiger partial charge < -0.3 is 10.6 Å². The molecule has 132 valence electrons. The molecule has 0 radical (unpaired) electrons. The largest absolute Gasteiger partial charge is 0.359 e. The molecule has 2 aromatic rings. The van der Waals surface area contributed by atoms with Crippen LogP contribution in [0.2, 0.25) is 5.02 Å². The third-order valence-electron chi connectivity index (χ3n) is 3.25. The van der Waals surface area contributed by atoms with Crippen molar-refractivity contribution in [2.24, 2.45) is 0 Å². The van der Waals surface area contributed by atoms with Gasteiger partial charge in [0.1, 0.15) is 0 Å². The molecule has 25 heavy (non-hydrogen) atoms. The molecule has 0 fully saturated rings. The summed E-state index contributed by atoms with van der Waals surface area (Å²) in [6, 6.07) is 11.3. The highest BCUT2D eigenvalue weighted by Gasteiger charge is 2.16. The average Bonchev–Trinajstić information content (AvgIpc) is 2.54. The monoisotopic (exact) mass is 395 g/mol. The van der Waals surface area contributed by atoms with E-state index < -0.39 is 10.0 Å². The summed E-state index contributed by atoms with van der Waals surface area (Å²) in [4.78, 5) is 0.118. The number of aryl methyl sites for hydroxylation is 1. The zero-order chi connectivity index (χ0) is 18.4. The molecular weight excluding hydrogens is 378 g/mol. The van der Waals surface area contributed by atoms with E-state index in [-0.39, 0.29) is 4.90 Å². The van der Waals surface area contributed by atoms with Gasteiger partial charge in [-0.15, -0.1) is 6.58 Å². The number of anilines is 2. The Labute approximate surface area is 158 Å². The molecule has 0 unspecified atom stereocenters. The van der Waals surface area contributed by atoms with Crippen LogP contribution in [0.4, 0.5) is 11.4 Å². The second kappa shape index (κ2) is 8.33. The maximum Gasteiger partial charge on any atom is 0.261 e. The fourth-order valence-electron chi connectivity index (χ4n) is 2.00. The number of benzene rings is 2. The molecule has 0 bridgehead atoms. The van der Waals surface area contributed by atoms with Crippen LogP contribution in [-0.2, 0) is 10.0 Å². The van der Waals surface area contributed by atoms with E-state index >= 15 is 0 Å². The average molecular weight is 396 g/mol. The topological polar surface area (TPSA) is 70.2 Å². The van der Waals surface area contributed by atoms with Crippen LogP contribution in [0.25, 0.3) is 0 Å². The van der Waals surface area contributed by atoms with E-state index in [1.165, 1.54) is 12.1 Å². The van der Waals surface area contributed by atoms with Gasteiger partial charge in [0.25, 0.3) is 10.0 Å². The van der Waals surface area contributed by atoms with Crippen molar-refractivity contribution in [1.29, 1.82) is 0 Å². The van der Waals surface area contributed by atoms with Gasteiger partial charge in [-0.1, -0.05) is 29.8 Å². The first kappa shape index (κ1) is 19.2. The summed E-state index contributed by atoms with van der Waals surface area (Å²) in [7, 11) is -3.75. The predicted octanol–water partition coefficient (Wildman–Crippen LogP) is 3.92. The first-order valence-electron chi connectivity index (χ1n) is 7.36. The minimum Gasteiger partial charge on any atom is -0.359 e. The van der Waals surface area contributed by atoms with Gasteiger partial charge in [0.2, 0.25) is 0 Å². The summed E-state index contributed by atoms with van der Waals surface area (Å²) < 4.78 is 27.7. The number of hydrogen-bond donors (Lipinski definition) is 3. The molecule has 8 heteroatoms. The van der Waals surface area contributed by atoms with Crippen molar-refractivity contribution >= 4 is 50.3 Å². The lowest BCUT2D eigenvalue weighted by Crippen LogP contribution is -2.28. The minimum absolute atomic E-state index is 0.118. The second-order valence-electron chi connectivity index (χ2n) is 5.22. The molecule has 0 saturated carbocycles. The maximum absolute atomic E-state index is 12.6. The van der Waals surface area contributed by atoms with Gasteiger partial charge in [0, 0.05) is 17.3 Å². The summed E-state index contributed by atoms with van der Waals surface area (Å²) in [6.45, 7) is 5.98. The molecule has 5 nitrogen and oxygen atoms in total. The molecule has 2 rings (SSSR count). The van der Waals surface area contributed by atoms with Crippen molar-refractivity contribution in [3.63, 3.8) is 0 Å². The molecule has 0 aliphatic rings. The number of thiocarbonyl (C=S) groups is 1. The number of nitrogens with one attached hydrogen (secondary N) is 3. The Morgan fingerprint density at radius 1 is 1.28 bits per heavy atom. The van der Waals surface area contributed by atoms with Gasteiger partial charge in [-0.2, -0.15) is 0 Å². The van der Waals surface area contributed by atoms with Gasteiger partial charge >= 0.3 is 0 Å². The van der Waals surface area contributed by atoms with E-state index in [0.29, 0.717) is 28.1 Å². The quantitative estimate of drug-likeness (QED) is 0.510. The lowest BCUT2D eigenvalue weighted by molar-refractivity contribution is 0.601. The Kier molecular flexibility index (Phi) is 6.41. The second-order valence-corrected chi connectivity index (χ2v) is 7.74. The summed E-state index contributed by atoms with van der Waals surface area (Å²) in [5.74, 6) is 0. The SMILES string of the molecule is C=CCNC(=S)Nc1cc(S(=O)(=O)Nc2cccc(Cl)c2)ccc1C. The van der Waals surface area contributed by atoms with Gasteiger partial charge in [-0.25, -0.2) is 8.42 Å². The normalized spacial score (nSPS) is 10.8. The van der Waals surface area contributed by atoms with Gasteiger partial charge in [-0.05, 0) is 55.0 Å². The number of sulfonamides is 1. The van der Waals surface area contributed by atoms with E-state index in [9.17, 15) is 8.42 Å². The third kappa shape index (κ3) is 5.45. The van der Waals surface area contributed by atoms with Crippen LogP contribution in [0, 0.1) is 6.92 Å². The first-order chi connectivity index (χ1) is 11.8. The standard InChI is InChI=1S/C17H18ClN3O2S2/c1-3-9-19-17(24)20-16-11-15(8-7-12(16)2)25(22,23)21-14-6-4-5-13(18)10-14/h3-8,10-11,21H,1,9H2,2H3,(H2,19,20,24). The molecule has 3 N–H and O–H groups in total. The maximum atomic E-state index is 12.6. The minimum atomic E-state index is -3.75. The van der Waals surface area contributed by atoms with Crippen LogP contribution >= 0.6 is 23.8 Å². The first-order valence-corrected chi connectivity index (χ1v) is 9.63. The van der Waals surface area contributed by atoms with Crippen molar-refractivity contribution in [3.8, 4) is 0 Å². The van der Waals surface area contributed by atoms with E-state index in [4.69, 9.17) is 23.8 Å². The molecule has 0 aliphatic heterocycles. The predicted molar refractivity (Wildman–Crippen MR) is 108 cm³/mol. The Morgan fingerprint density at radius 2 is 2.04 bits per heavy atom. The van der Waals surface area contributed by atoms with Crippen LogP contribution in [0.3, 0.4) is 0 Å². The number of hydrogen-bond acceptors (Lipinski definition) is 3. The zero-order valence-corrected chi connectivity index (χ0v) is 15.9. The van der Waals surface area contributed by atoms with E-state index in [2.05, 4.69) is 21.9 Å². The molecule has 2 aromatic carbocycles. The highest BCUT2D eigenvalue weighted by molar-refractivity contribution is 7.92. The van der Waals surface area contributed by atoms with Crippen molar-refractivity contribution in [3.05, 3.63) is 65.7 Å². The van der Waals surface area contributed by atoms with Crippen molar-refractivity contribution in [2.45, 2.75) is 11.8 Å². The van der Waals surface area contributed by atoms with Crippen molar-refractivity contribution in [2.75, 3.05) is 16.6 Å². The van der Waals surface area contributed by atoms with Gasteiger partial charge in [0.05, 0.1) is 10.6 Å². The van der Waals surface area contributed by atoms with E-state index in [1.807, 2.05) is 6.92 Å². The summed E-state index contributed by atoms with van der Waals surface area (Å²) in [5, 5.41) is 6.76. The summed E-state index contributed by atoms with van der Waals surface area (Å²) in [5.41, 5.74) is 1.87. The molecular formula is C17H18ClN3O2S2. The molecule has 0 amide bonds. The summed E-state index contributed by atoms with van der Waals surface area (Å²) >= 11 is 11.1. The lowest BCUT2D eigenvalue weighted by Gasteiger charge is -2.14. The Bertz CT molecular complexity index is 899. The van der Waals surface area contributed by atoms with Crippen LogP contribution in [-0.4, -0.2) is 20.1 Å². The zero-order valence-electron chi connectivity index (χ0n) is 13.5. The fourth-order valence-corrected chi connectivity index (χ4v) is 3.46. The summed E-state index contributed by atoms with van der Waals surface area (Å²) in [6.07, 6.45) is 1.68. The lowest BCUT2D eigenvalue weighted by atomic mass is 10.2. The number of rotatable bonds is 6. The van der Waals surface area contributed by atoms with Crippen LogP contribution in [0.1, 0.15) is 5.56 Å². The molecule has 0 aromatic heterocycles. The van der Waals surface area contributed by atoms with Gasteiger partial charge in [0.15, 0.2) is 5.11 Å². The third-order valence-corrected chi connectivity index (χ3v) is 5.11. The Balaban J connectivity index is 2.24. The van der Waals surface area contributed by atoms with Crippen LogP contribution in [0.5, 0.6) is 0 Å². The Morgan fingerprint density at radius 3 is 2.72 bits per heavy atom. The molecule has 0 heterocycles. The molecule has 0 aliphatic carbocycles. The molecule has 0 saturated heterocycles. The highest BCUT2D eigenvalue weighted by Crippen LogP contribution is 2.23.